The zero-order valence-corrected chi connectivity index (χ0v) is 18.2. The molecule has 0 saturated carbocycles. The van der Waals surface area contributed by atoms with Gasteiger partial charge in [0.2, 0.25) is 0 Å². The number of aliphatic hydroxyl groups is 2. The number of likely N-dealkylation sites (N-methyl/N-ethyl adjacent to an activating group) is 1. The summed E-state index contributed by atoms with van der Waals surface area (Å²) in [6.07, 6.45) is 22.5. The third kappa shape index (κ3) is 16.1. The van der Waals surface area contributed by atoms with Gasteiger partial charge in [-0.05, 0) is 20.5 Å². The molecule has 0 amide bonds. The van der Waals surface area contributed by atoms with Crippen LogP contribution in [0.25, 0.3) is 0 Å². The highest BCUT2D eigenvalue weighted by atomic mass is 16.3. The van der Waals surface area contributed by atoms with Crippen LogP contribution in [0.1, 0.15) is 116 Å². The standard InChI is InChI=1S/C23H49NO2/c1-4-5-6-7-8-9-10-11-12-13-14-15-16-17-18-19-20-22(24(2)3)23(26)21-25/h22-23,25-26H,4-21H2,1-3H3. The van der Waals surface area contributed by atoms with Gasteiger partial charge in [-0.25, -0.2) is 0 Å². The quantitative estimate of drug-likeness (QED) is 0.261. The minimum absolute atomic E-state index is 0.0895. The van der Waals surface area contributed by atoms with Gasteiger partial charge in [0.25, 0.3) is 0 Å². The molecule has 0 aliphatic rings. The Balaban J connectivity index is 3.26. The molecular weight excluding hydrogens is 322 g/mol. The normalized spacial score (nSPS) is 14.1. The van der Waals surface area contributed by atoms with E-state index in [2.05, 4.69) is 6.92 Å². The van der Waals surface area contributed by atoms with Crippen molar-refractivity contribution in [2.45, 2.75) is 128 Å². The van der Waals surface area contributed by atoms with Crippen LogP contribution < -0.4 is 0 Å². The number of hydrogen-bond donors (Lipinski definition) is 2. The average Bonchev–Trinajstić information content (AvgIpc) is 2.63. The first-order valence-electron chi connectivity index (χ1n) is 11.6. The number of rotatable bonds is 20. The zero-order valence-electron chi connectivity index (χ0n) is 18.2. The van der Waals surface area contributed by atoms with Crippen molar-refractivity contribution in [3.8, 4) is 0 Å². The van der Waals surface area contributed by atoms with E-state index in [0.717, 1.165) is 12.8 Å². The predicted molar refractivity (Wildman–Crippen MR) is 115 cm³/mol. The van der Waals surface area contributed by atoms with Crippen LogP contribution in [0.2, 0.25) is 0 Å². The molecule has 3 nitrogen and oxygen atoms in total. The summed E-state index contributed by atoms with van der Waals surface area (Å²) in [4.78, 5) is 2.03. The maximum Gasteiger partial charge on any atom is 0.0925 e. The topological polar surface area (TPSA) is 43.7 Å². The summed E-state index contributed by atoms with van der Waals surface area (Å²) in [6.45, 7) is 2.15. The molecule has 2 N–H and O–H groups in total. The molecule has 0 rings (SSSR count). The lowest BCUT2D eigenvalue weighted by Crippen LogP contribution is -2.40. The largest absolute Gasteiger partial charge is 0.394 e. The summed E-state index contributed by atoms with van der Waals surface area (Å²) in [5.74, 6) is 0. The van der Waals surface area contributed by atoms with Gasteiger partial charge in [-0.15, -0.1) is 0 Å². The molecule has 0 spiro atoms. The van der Waals surface area contributed by atoms with Gasteiger partial charge in [0.05, 0.1) is 12.7 Å². The molecule has 0 fully saturated rings. The number of nitrogens with zero attached hydrogens (tertiary/aromatic N) is 1. The molecule has 3 heteroatoms. The van der Waals surface area contributed by atoms with Gasteiger partial charge in [0.15, 0.2) is 0 Å². The van der Waals surface area contributed by atoms with Gasteiger partial charge in [-0.1, -0.05) is 110 Å². The first kappa shape index (κ1) is 25.9. The van der Waals surface area contributed by atoms with Crippen LogP contribution in [-0.2, 0) is 0 Å². The van der Waals surface area contributed by atoms with E-state index in [0.29, 0.717) is 0 Å². The summed E-state index contributed by atoms with van der Waals surface area (Å²) in [7, 11) is 3.96. The Morgan fingerprint density at radius 1 is 0.615 bits per heavy atom. The average molecular weight is 372 g/mol. The third-order valence-electron chi connectivity index (χ3n) is 5.65. The highest BCUT2D eigenvalue weighted by molar-refractivity contribution is 4.74. The monoisotopic (exact) mass is 371 g/mol. The first-order chi connectivity index (χ1) is 12.6. The third-order valence-corrected chi connectivity index (χ3v) is 5.65. The molecule has 2 unspecified atom stereocenters. The van der Waals surface area contributed by atoms with E-state index in [1.54, 1.807) is 0 Å². The second-order valence-corrected chi connectivity index (χ2v) is 8.37. The SMILES string of the molecule is CCCCCCCCCCCCCCCCCCC(C(O)CO)N(C)C. The van der Waals surface area contributed by atoms with Crippen LogP contribution in [0, 0.1) is 0 Å². The van der Waals surface area contributed by atoms with Crippen molar-refractivity contribution in [1.29, 1.82) is 0 Å². The Morgan fingerprint density at radius 3 is 1.27 bits per heavy atom. The van der Waals surface area contributed by atoms with Crippen LogP contribution in [0.3, 0.4) is 0 Å². The second-order valence-electron chi connectivity index (χ2n) is 8.37. The van der Waals surface area contributed by atoms with Gasteiger partial charge < -0.3 is 15.1 Å². The van der Waals surface area contributed by atoms with E-state index in [1.165, 1.54) is 96.3 Å². The smallest absolute Gasteiger partial charge is 0.0925 e. The molecule has 0 aromatic carbocycles. The van der Waals surface area contributed by atoms with Crippen molar-refractivity contribution in [3.63, 3.8) is 0 Å². The lowest BCUT2D eigenvalue weighted by atomic mass is 10.0. The van der Waals surface area contributed by atoms with Crippen molar-refractivity contribution in [2.24, 2.45) is 0 Å². The molecule has 0 heterocycles. The molecule has 0 aliphatic heterocycles. The molecule has 0 bridgehead atoms. The van der Waals surface area contributed by atoms with Crippen LogP contribution in [0.4, 0.5) is 0 Å². The summed E-state index contributed by atoms with van der Waals surface area (Å²) in [5.41, 5.74) is 0. The van der Waals surface area contributed by atoms with Crippen molar-refractivity contribution in [2.75, 3.05) is 20.7 Å². The zero-order chi connectivity index (χ0) is 19.5. The Hall–Kier alpha value is -0.120. The minimum Gasteiger partial charge on any atom is -0.394 e. The van der Waals surface area contributed by atoms with Gasteiger partial charge >= 0.3 is 0 Å². The minimum atomic E-state index is -0.610. The predicted octanol–water partition coefficient (Wildman–Crippen LogP) is 5.92. The van der Waals surface area contributed by atoms with Gasteiger partial charge in [0.1, 0.15) is 0 Å². The van der Waals surface area contributed by atoms with E-state index < -0.39 is 6.10 Å². The van der Waals surface area contributed by atoms with Crippen LogP contribution in [0.15, 0.2) is 0 Å². The van der Waals surface area contributed by atoms with Gasteiger partial charge in [-0.2, -0.15) is 0 Å². The van der Waals surface area contributed by atoms with E-state index >= 15 is 0 Å². The maximum atomic E-state index is 9.82. The summed E-state index contributed by atoms with van der Waals surface area (Å²) in [5, 5.41) is 18.9. The van der Waals surface area contributed by atoms with Crippen molar-refractivity contribution < 1.29 is 10.2 Å². The maximum absolute atomic E-state index is 9.82. The van der Waals surface area contributed by atoms with Crippen LogP contribution >= 0.6 is 0 Å². The van der Waals surface area contributed by atoms with E-state index in [4.69, 9.17) is 5.11 Å². The molecule has 26 heavy (non-hydrogen) atoms. The van der Waals surface area contributed by atoms with Gasteiger partial charge in [-0.3, -0.25) is 0 Å². The first-order valence-corrected chi connectivity index (χ1v) is 11.6. The number of unbranched alkanes of at least 4 members (excludes halogenated alkanes) is 15. The molecule has 158 valence electrons. The summed E-state index contributed by atoms with van der Waals surface area (Å²) < 4.78 is 0. The fraction of sp³-hybridized carbons (Fsp3) is 1.00. The fourth-order valence-corrected chi connectivity index (χ4v) is 3.82. The summed E-state index contributed by atoms with van der Waals surface area (Å²) >= 11 is 0. The molecular formula is C23H49NO2. The Morgan fingerprint density at radius 2 is 0.962 bits per heavy atom. The Labute approximate surface area is 164 Å². The highest BCUT2D eigenvalue weighted by Gasteiger charge is 2.19. The fourth-order valence-electron chi connectivity index (χ4n) is 3.82. The molecule has 0 radical (unpaired) electrons. The Bertz CT molecular complexity index is 271. The van der Waals surface area contributed by atoms with E-state index in [1.807, 2.05) is 19.0 Å². The van der Waals surface area contributed by atoms with Crippen LogP contribution in [-0.4, -0.2) is 48.0 Å². The molecule has 0 aromatic rings. The van der Waals surface area contributed by atoms with E-state index in [-0.39, 0.29) is 12.6 Å². The Kier molecular flexibility index (Phi) is 19.5. The van der Waals surface area contributed by atoms with Crippen LogP contribution in [0.5, 0.6) is 0 Å². The van der Waals surface area contributed by atoms with Crippen molar-refractivity contribution >= 4 is 0 Å². The molecule has 0 aromatic heterocycles. The van der Waals surface area contributed by atoms with Crippen molar-refractivity contribution in [1.82, 2.24) is 4.90 Å². The van der Waals surface area contributed by atoms with E-state index in [9.17, 15) is 5.11 Å². The lowest BCUT2D eigenvalue weighted by molar-refractivity contribution is 0.0242. The number of hydrogen-bond acceptors (Lipinski definition) is 3. The van der Waals surface area contributed by atoms with Crippen molar-refractivity contribution in [3.05, 3.63) is 0 Å². The second kappa shape index (κ2) is 19.6. The lowest BCUT2D eigenvalue weighted by Gasteiger charge is -2.28. The summed E-state index contributed by atoms with van der Waals surface area (Å²) in [6, 6.07) is 0.0895. The molecule has 2 atom stereocenters. The molecule has 0 aliphatic carbocycles. The molecule has 0 saturated heterocycles. The number of aliphatic hydroxyl groups excluding tert-OH is 2. The van der Waals surface area contributed by atoms with Gasteiger partial charge in [0, 0.05) is 6.04 Å². The highest BCUT2D eigenvalue weighted by Crippen LogP contribution is 2.15.